The third-order valence-corrected chi connectivity index (χ3v) is 4.84. The number of aromatic nitrogens is 2. The van der Waals surface area contributed by atoms with E-state index in [-0.39, 0.29) is 18.0 Å². The number of carbonyl (C=O) groups excluding carboxylic acids is 2. The molecule has 2 aromatic rings. The zero-order chi connectivity index (χ0) is 20.4. The monoisotopic (exact) mass is 392 g/mol. The van der Waals surface area contributed by atoms with Crippen LogP contribution in [0.25, 0.3) is 0 Å². The number of esters is 1. The van der Waals surface area contributed by atoms with Crippen molar-refractivity contribution in [1.82, 2.24) is 20.2 Å². The molecule has 0 radical (unpaired) electrons. The summed E-state index contributed by atoms with van der Waals surface area (Å²) >= 11 is 0. The number of imidazole rings is 1. The topological polar surface area (TPSA) is 87.3 Å². The molecular formula is C19H22F2N4O3. The number of carbonyl (C=O) groups is 2. The molecule has 28 heavy (non-hydrogen) atoms. The Balaban J connectivity index is 1.98. The molecule has 3 rings (SSSR count). The fourth-order valence-electron chi connectivity index (χ4n) is 3.38. The molecule has 2 atom stereocenters. The minimum absolute atomic E-state index is 0.00219. The highest BCUT2D eigenvalue weighted by molar-refractivity contribution is 5.84. The minimum atomic E-state index is -0.920. The van der Waals surface area contributed by atoms with E-state index in [2.05, 4.69) is 15.3 Å². The van der Waals surface area contributed by atoms with E-state index in [1.54, 1.807) is 13.8 Å². The first-order valence-corrected chi connectivity index (χ1v) is 8.95. The molecule has 9 heteroatoms. The predicted octanol–water partition coefficient (Wildman–Crippen LogP) is 2.54. The van der Waals surface area contributed by atoms with Crippen LogP contribution >= 0.6 is 0 Å². The van der Waals surface area contributed by atoms with Gasteiger partial charge in [-0.2, -0.15) is 0 Å². The molecule has 0 saturated heterocycles. The molecule has 7 nitrogen and oxygen atoms in total. The van der Waals surface area contributed by atoms with E-state index < -0.39 is 35.7 Å². The lowest BCUT2D eigenvalue weighted by atomic mass is 9.95. The fourth-order valence-corrected chi connectivity index (χ4v) is 3.38. The number of amides is 2. The molecule has 2 amide bonds. The number of hydrogen-bond acceptors (Lipinski definition) is 4. The lowest BCUT2D eigenvalue weighted by molar-refractivity contribution is -0.144. The van der Waals surface area contributed by atoms with Crippen LogP contribution in [-0.2, 0) is 16.0 Å². The quantitative estimate of drug-likeness (QED) is 0.783. The molecule has 0 fully saturated rings. The SMILES string of the molecule is COC(=O)[C@@H](NC(=O)N1CCc2[nH]cnc2[C@@H]1c1cc(F)ccc1F)C(C)C. The van der Waals surface area contributed by atoms with Gasteiger partial charge in [0.05, 0.1) is 19.1 Å². The van der Waals surface area contributed by atoms with Crippen molar-refractivity contribution in [3.05, 3.63) is 53.1 Å². The van der Waals surface area contributed by atoms with E-state index >= 15 is 0 Å². The Bertz CT molecular complexity index is 884. The van der Waals surface area contributed by atoms with E-state index in [9.17, 15) is 18.4 Å². The van der Waals surface area contributed by atoms with Crippen LogP contribution in [0.4, 0.5) is 13.6 Å². The van der Waals surface area contributed by atoms with Gasteiger partial charge in [-0.15, -0.1) is 0 Å². The number of nitrogens with one attached hydrogen (secondary N) is 2. The zero-order valence-electron chi connectivity index (χ0n) is 15.8. The number of ether oxygens (including phenoxy) is 1. The van der Waals surface area contributed by atoms with E-state index in [1.807, 2.05) is 0 Å². The molecule has 2 heterocycles. The van der Waals surface area contributed by atoms with Crippen molar-refractivity contribution in [2.45, 2.75) is 32.4 Å². The van der Waals surface area contributed by atoms with Crippen LogP contribution in [0.2, 0.25) is 0 Å². The summed E-state index contributed by atoms with van der Waals surface area (Å²) in [5.74, 6) is -2.05. The molecular weight excluding hydrogens is 370 g/mol. The highest BCUT2D eigenvalue weighted by Gasteiger charge is 2.37. The van der Waals surface area contributed by atoms with Gasteiger partial charge in [0.1, 0.15) is 23.7 Å². The van der Waals surface area contributed by atoms with Crippen molar-refractivity contribution in [3.8, 4) is 0 Å². The van der Waals surface area contributed by atoms with Crippen molar-refractivity contribution in [2.24, 2.45) is 5.92 Å². The molecule has 1 aliphatic rings. The lowest BCUT2D eigenvalue weighted by Crippen LogP contribution is -2.53. The van der Waals surface area contributed by atoms with Gasteiger partial charge < -0.3 is 19.9 Å². The Morgan fingerprint density at radius 1 is 1.36 bits per heavy atom. The average molecular weight is 392 g/mol. The van der Waals surface area contributed by atoms with Crippen LogP contribution in [0.3, 0.4) is 0 Å². The standard InChI is InChI=1S/C19H22F2N4O3/c1-10(2)15(18(26)28-3)24-19(27)25-7-6-14-16(23-9-22-14)17(25)12-8-11(20)4-5-13(12)21/h4-5,8-10,15,17H,6-7H2,1-3H3,(H,22,23)(H,24,27)/t15-,17-/m0/s1. The molecule has 150 valence electrons. The smallest absolute Gasteiger partial charge is 0.328 e. The number of rotatable bonds is 4. The summed E-state index contributed by atoms with van der Waals surface area (Å²) in [5, 5.41) is 2.65. The van der Waals surface area contributed by atoms with Gasteiger partial charge in [0.25, 0.3) is 0 Å². The second-order valence-corrected chi connectivity index (χ2v) is 6.97. The number of nitrogens with zero attached hydrogens (tertiary/aromatic N) is 2. The summed E-state index contributed by atoms with van der Waals surface area (Å²) in [6.45, 7) is 3.79. The molecule has 0 unspecified atom stereocenters. The second kappa shape index (κ2) is 7.95. The maximum atomic E-state index is 14.5. The third-order valence-electron chi connectivity index (χ3n) is 4.84. The Morgan fingerprint density at radius 2 is 2.11 bits per heavy atom. The maximum absolute atomic E-state index is 14.5. The number of aromatic amines is 1. The molecule has 0 spiro atoms. The third kappa shape index (κ3) is 3.69. The number of halogens is 2. The van der Waals surface area contributed by atoms with Crippen LogP contribution in [0, 0.1) is 17.6 Å². The van der Waals surface area contributed by atoms with E-state index in [1.165, 1.54) is 18.3 Å². The van der Waals surface area contributed by atoms with Crippen molar-refractivity contribution >= 4 is 12.0 Å². The first-order chi connectivity index (χ1) is 13.3. The number of fused-ring (bicyclic) bond motifs is 1. The average Bonchev–Trinajstić information content (AvgIpc) is 3.15. The van der Waals surface area contributed by atoms with Gasteiger partial charge in [-0.1, -0.05) is 13.8 Å². The van der Waals surface area contributed by atoms with Crippen LogP contribution in [0.1, 0.15) is 36.8 Å². The Hall–Kier alpha value is -2.97. The van der Waals surface area contributed by atoms with Crippen molar-refractivity contribution in [2.75, 3.05) is 13.7 Å². The van der Waals surface area contributed by atoms with E-state index in [0.717, 1.165) is 23.9 Å². The highest BCUT2D eigenvalue weighted by Crippen LogP contribution is 2.35. The van der Waals surface area contributed by atoms with Gasteiger partial charge in [-0.25, -0.2) is 23.4 Å². The summed E-state index contributed by atoms with van der Waals surface area (Å²) in [4.78, 5) is 33.6. The van der Waals surface area contributed by atoms with Gasteiger partial charge in [0, 0.05) is 24.2 Å². The Morgan fingerprint density at radius 3 is 2.79 bits per heavy atom. The number of urea groups is 1. The largest absolute Gasteiger partial charge is 0.467 e. The summed E-state index contributed by atoms with van der Waals surface area (Å²) in [6.07, 6.45) is 1.93. The molecule has 0 saturated carbocycles. The molecule has 1 aliphatic heterocycles. The summed E-state index contributed by atoms with van der Waals surface area (Å²) in [5.41, 5.74) is 1.21. The van der Waals surface area contributed by atoms with Crippen LogP contribution < -0.4 is 5.32 Å². The minimum Gasteiger partial charge on any atom is -0.467 e. The first kappa shape index (κ1) is 19.8. The molecule has 0 bridgehead atoms. The molecule has 1 aromatic carbocycles. The van der Waals surface area contributed by atoms with Crippen molar-refractivity contribution < 1.29 is 23.1 Å². The van der Waals surface area contributed by atoms with E-state index in [0.29, 0.717) is 12.1 Å². The number of hydrogen-bond donors (Lipinski definition) is 2. The first-order valence-electron chi connectivity index (χ1n) is 8.95. The van der Waals surface area contributed by atoms with Gasteiger partial charge in [-0.05, 0) is 24.1 Å². The summed E-state index contributed by atoms with van der Waals surface area (Å²) in [7, 11) is 1.24. The maximum Gasteiger partial charge on any atom is 0.328 e. The van der Waals surface area contributed by atoms with Crippen LogP contribution in [0.15, 0.2) is 24.5 Å². The molecule has 0 aliphatic carbocycles. The van der Waals surface area contributed by atoms with Crippen LogP contribution in [-0.4, -0.2) is 46.6 Å². The van der Waals surface area contributed by atoms with Crippen LogP contribution in [0.5, 0.6) is 0 Å². The van der Waals surface area contributed by atoms with Gasteiger partial charge in [0.15, 0.2) is 0 Å². The predicted molar refractivity (Wildman–Crippen MR) is 96.4 cm³/mol. The second-order valence-electron chi connectivity index (χ2n) is 6.97. The van der Waals surface area contributed by atoms with Gasteiger partial charge in [-0.3, -0.25) is 0 Å². The van der Waals surface area contributed by atoms with Gasteiger partial charge >= 0.3 is 12.0 Å². The van der Waals surface area contributed by atoms with Gasteiger partial charge in [0.2, 0.25) is 0 Å². The summed E-state index contributed by atoms with van der Waals surface area (Å²) in [6, 6.07) is 0.736. The lowest BCUT2D eigenvalue weighted by Gasteiger charge is -2.36. The van der Waals surface area contributed by atoms with Crippen molar-refractivity contribution in [3.63, 3.8) is 0 Å². The Kier molecular flexibility index (Phi) is 5.62. The van der Waals surface area contributed by atoms with E-state index in [4.69, 9.17) is 4.74 Å². The molecule has 2 N–H and O–H groups in total. The number of H-pyrrole nitrogens is 1. The Labute approximate surface area is 161 Å². The number of benzene rings is 1. The normalized spacial score (nSPS) is 17.2. The molecule has 1 aromatic heterocycles. The zero-order valence-corrected chi connectivity index (χ0v) is 15.8. The van der Waals surface area contributed by atoms with Crippen molar-refractivity contribution in [1.29, 1.82) is 0 Å². The highest BCUT2D eigenvalue weighted by atomic mass is 19.1. The fraction of sp³-hybridized carbons (Fsp3) is 0.421. The summed E-state index contributed by atoms with van der Waals surface area (Å²) < 4.78 is 33.1. The number of methoxy groups -OCH3 is 1.